The van der Waals surface area contributed by atoms with E-state index in [0.29, 0.717) is 17.6 Å². The number of aromatic nitrogens is 1. The van der Waals surface area contributed by atoms with Gasteiger partial charge in [-0.15, -0.1) is 0 Å². The Morgan fingerprint density at radius 2 is 2.44 bits per heavy atom. The average Bonchev–Trinajstić information content (AvgIpc) is 2.90. The molecule has 2 heterocycles. The number of ether oxygens (including phenoxy) is 1. The van der Waals surface area contributed by atoms with Crippen molar-refractivity contribution in [2.24, 2.45) is 0 Å². The first-order valence-corrected chi connectivity index (χ1v) is 5.71. The molecule has 1 aliphatic rings. The molecule has 4 nitrogen and oxygen atoms in total. The van der Waals surface area contributed by atoms with Gasteiger partial charge in [-0.25, -0.2) is 4.98 Å². The highest BCUT2D eigenvalue weighted by molar-refractivity contribution is 7.11. The lowest BCUT2D eigenvalue weighted by Crippen LogP contribution is -2.27. The number of benzene rings is 1. The molecule has 2 aromatic rings. The second-order valence-corrected chi connectivity index (χ2v) is 4.28. The zero-order chi connectivity index (χ0) is 11.0. The minimum absolute atomic E-state index is 0.452. The summed E-state index contributed by atoms with van der Waals surface area (Å²) in [5, 5.41) is 12.0. The van der Waals surface area contributed by atoms with Crippen molar-refractivity contribution in [3.8, 4) is 10.9 Å². The maximum absolute atomic E-state index is 9.54. The third-order valence-corrected chi connectivity index (χ3v) is 3.04. The Balaban J connectivity index is 1.89. The van der Waals surface area contributed by atoms with Gasteiger partial charge in [0, 0.05) is 11.6 Å². The third kappa shape index (κ3) is 1.71. The predicted molar refractivity (Wildman–Crippen MR) is 61.0 cm³/mol. The van der Waals surface area contributed by atoms with Crippen molar-refractivity contribution in [1.29, 1.82) is 0 Å². The molecule has 0 radical (unpaired) electrons. The molecular weight excluding hydrogens is 225 g/mol. The third-order valence-electron chi connectivity index (χ3n) is 2.39. The fraction of sp³-hybridized carbons (Fsp3) is 0.100. The quantitative estimate of drug-likeness (QED) is 0.790. The molecule has 0 saturated heterocycles. The summed E-state index contributed by atoms with van der Waals surface area (Å²) in [5.41, 5.74) is 1.77. The van der Waals surface area contributed by atoms with Gasteiger partial charge in [-0.2, -0.15) is 0 Å². The van der Waals surface area contributed by atoms with Crippen molar-refractivity contribution >= 4 is 23.9 Å². The van der Waals surface area contributed by atoms with Crippen LogP contribution in [0.2, 0.25) is 0 Å². The van der Waals surface area contributed by atoms with Gasteiger partial charge in [0.05, 0.1) is 6.61 Å². The molecule has 1 N–H and O–H groups in total. The zero-order valence-electron chi connectivity index (χ0n) is 8.29. The van der Waals surface area contributed by atoms with Crippen LogP contribution in [0.1, 0.15) is 5.56 Å². The molecule has 3 rings (SSSR count). The fourth-order valence-corrected chi connectivity index (χ4v) is 2.12. The molecule has 0 bridgehead atoms. The van der Waals surface area contributed by atoms with Crippen LogP contribution < -0.4 is 10.2 Å². The summed E-state index contributed by atoms with van der Waals surface area (Å²) in [6.45, 7) is 0.452. The van der Waals surface area contributed by atoms with Crippen molar-refractivity contribution in [3.05, 3.63) is 35.3 Å². The molecule has 1 aliphatic heterocycles. The van der Waals surface area contributed by atoms with E-state index in [4.69, 9.17) is 9.39 Å². The van der Waals surface area contributed by atoms with E-state index in [1.54, 1.807) is 12.3 Å². The summed E-state index contributed by atoms with van der Waals surface area (Å²) in [5.74, 6) is 0.665. The van der Waals surface area contributed by atoms with Gasteiger partial charge in [0.1, 0.15) is 5.75 Å². The van der Waals surface area contributed by atoms with Crippen LogP contribution in [-0.2, 0) is 11.3 Å². The summed E-state index contributed by atoms with van der Waals surface area (Å²) < 4.78 is 10.6. The Labute approximate surface area is 96.6 Å². The van der Waals surface area contributed by atoms with Gasteiger partial charge in [-0.05, 0) is 23.2 Å². The highest BCUT2D eigenvalue weighted by Gasteiger charge is 2.27. The fourth-order valence-electron chi connectivity index (χ4n) is 1.62. The standard InChI is InChI=1S/C10H8BNO3S/c13-11-9-5-8(2-1-7(9)6-14-11)15-10-12-3-4-16-10/h1-5,13H,6H2. The van der Waals surface area contributed by atoms with Crippen LogP contribution in [-0.4, -0.2) is 17.1 Å². The lowest BCUT2D eigenvalue weighted by atomic mass is 9.79. The van der Waals surface area contributed by atoms with Crippen LogP contribution in [0.25, 0.3) is 0 Å². The van der Waals surface area contributed by atoms with Gasteiger partial charge in [-0.1, -0.05) is 17.4 Å². The van der Waals surface area contributed by atoms with E-state index in [2.05, 4.69) is 4.98 Å². The van der Waals surface area contributed by atoms with E-state index in [9.17, 15) is 5.02 Å². The lowest BCUT2D eigenvalue weighted by molar-refractivity contribution is 0.275. The largest absolute Gasteiger partial charge is 0.491 e. The second kappa shape index (κ2) is 3.90. The molecule has 16 heavy (non-hydrogen) atoms. The molecule has 0 spiro atoms. The van der Waals surface area contributed by atoms with E-state index in [1.807, 2.05) is 17.5 Å². The maximum atomic E-state index is 9.54. The first-order chi connectivity index (χ1) is 7.83. The Bertz CT molecular complexity index is 503. The van der Waals surface area contributed by atoms with Gasteiger partial charge in [0.2, 0.25) is 0 Å². The van der Waals surface area contributed by atoms with Gasteiger partial charge in [0.15, 0.2) is 0 Å². The van der Waals surface area contributed by atoms with Crippen LogP contribution in [0.4, 0.5) is 0 Å². The number of nitrogens with zero attached hydrogens (tertiary/aromatic N) is 1. The van der Waals surface area contributed by atoms with Crippen molar-refractivity contribution in [1.82, 2.24) is 4.98 Å². The molecule has 0 aliphatic carbocycles. The molecule has 0 amide bonds. The average molecular weight is 233 g/mol. The molecule has 80 valence electrons. The van der Waals surface area contributed by atoms with E-state index in [1.165, 1.54) is 11.3 Å². The van der Waals surface area contributed by atoms with Gasteiger partial charge in [-0.3, -0.25) is 0 Å². The van der Waals surface area contributed by atoms with Gasteiger partial charge >= 0.3 is 7.12 Å². The van der Waals surface area contributed by atoms with Crippen molar-refractivity contribution in [3.63, 3.8) is 0 Å². The molecule has 0 atom stereocenters. The summed E-state index contributed by atoms with van der Waals surface area (Å²) in [4.78, 5) is 4.03. The van der Waals surface area contributed by atoms with Crippen LogP contribution in [0.5, 0.6) is 10.9 Å². The van der Waals surface area contributed by atoms with E-state index in [-0.39, 0.29) is 0 Å². The van der Waals surface area contributed by atoms with Crippen molar-refractivity contribution in [2.75, 3.05) is 0 Å². The second-order valence-electron chi connectivity index (χ2n) is 3.42. The molecule has 1 aromatic carbocycles. The smallest absolute Gasteiger partial charge is 0.431 e. The molecular formula is C10H8BNO3S. The van der Waals surface area contributed by atoms with Crippen LogP contribution >= 0.6 is 11.3 Å². The van der Waals surface area contributed by atoms with Crippen LogP contribution in [0.15, 0.2) is 29.8 Å². The number of thiazole rings is 1. The SMILES string of the molecule is OB1OCc2ccc(Oc3nccs3)cc21. The number of rotatable bonds is 2. The van der Waals surface area contributed by atoms with Crippen LogP contribution in [0, 0.1) is 0 Å². The van der Waals surface area contributed by atoms with E-state index >= 15 is 0 Å². The highest BCUT2D eigenvalue weighted by atomic mass is 32.1. The van der Waals surface area contributed by atoms with Crippen LogP contribution in [0.3, 0.4) is 0 Å². The Hall–Kier alpha value is -1.37. The lowest BCUT2D eigenvalue weighted by Gasteiger charge is -2.04. The number of hydrogen-bond donors (Lipinski definition) is 1. The molecule has 0 fully saturated rings. The summed E-state index contributed by atoms with van der Waals surface area (Å²) in [6.07, 6.45) is 1.69. The maximum Gasteiger partial charge on any atom is 0.491 e. The Kier molecular flexibility index (Phi) is 2.39. The first-order valence-electron chi connectivity index (χ1n) is 4.83. The molecule has 6 heteroatoms. The zero-order valence-corrected chi connectivity index (χ0v) is 9.11. The first kappa shape index (κ1) is 9.83. The Morgan fingerprint density at radius 1 is 1.50 bits per heavy atom. The predicted octanol–water partition coefficient (Wildman–Crippen LogP) is 1.15. The minimum Gasteiger partial charge on any atom is -0.431 e. The van der Waals surface area contributed by atoms with Crippen molar-refractivity contribution < 1.29 is 14.4 Å². The number of fused-ring (bicyclic) bond motifs is 1. The van der Waals surface area contributed by atoms with E-state index in [0.717, 1.165) is 11.0 Å². The molecule has 0 unspecified atom stereocenters. The topological polar surface area (TPSA) is 51.6 Å². The summed E-state index contributed by atoms with van der Waals surface area (Å²) in [7, 11) is -0.838. The van der Waals surface area contributed by atoms with Gasteiger partial charge in [0.25, 0.3) is 5.19 Å². The highest BCUT2D eigenvalue weighted by Crippen LogP contribution is 2.24. The van der Waals surface area contributed by atoms with Gasteiger partial charge < -0.3 is 14.4 Å². The van der Waals surface area contributed by atoms with Crippen molar-refractivity contribution in [2.45, 2.75) is 6.61 Å². The molecule has 1 aromatic heterocycles. The summed E-state index contributed by atoms with van der Waals surface area (Å²) in [6, 6.07) is 5.53. The number of hydrogen-bond acceptors (Lipinski definition) is 5. The normalized spacial score (nSPS) is 13.9. The monoisotopic (exact) mass is 233 g/mol. The Morgan fingerprint density at radius 3 is 3.25 bits per heavy atom. The van der Waals surface area contributed by atoms with E-state index < -0.39 is 7.12 Å². The minimum atomic E-state index is -0.838. The summed E-state index contributed by atoms with van der Waals surface area (Å²) >= 11 is 1.42. The molecule has 0 saturated carbocycles.